The van der Waals surface area contributed by atoms with Gasteiger partial charge >= 0.3 is 53.6 Å². The molecule has 0 aromatic rings. The average Bonchev–Trinajstić information content (AvgIpc) is 0.770. The van der Waals surface area contributed by atoms with E-state index in [0.717, 1.165) is 139 Å². The van der Waals surface area contributed by atoms with Crippen LogP contribution in [0.25, 0.3) is 0 Å². The largest absolute Gasteiger partial charge is 0.637 e. The van der Waals surface area contributed by atoms with Gasteiger partial charge in [0.2, 0.25) is 0 Å². The lowest BCUT2D eigenvalue weighted by molar-refractivity contribution is 0.141. The molecule has 137 heavy (non-hydrogen) atoms. The topological polar surface area (TPSA) is 194 Å². The smallest absolute Gasteiger partial charge is 0.417 e. The van der Waals surface area contributed by atoms with Crippen molar-refractivity contribution in [2.45, 2.75) is 580 Å². The normalized spacial score (nSPS) is 14.8. The second kappa shape index (κ2) is 62.1. The quantitative estimate of drug-likeness (QED) is 0.0521. The van der Waals surface area contributed by atoms with Crippen LogP contribution in [-0.2, 0) is 86.4 Å². The van der Waals surface area contributed by atoms with Crippen LogP contribution in [0.2, 0.25) is 421 Å². The Bertz CT molecular complexity index is 2840. The molecule has 0 fully saturated rings. The molecular formula is C89H244O21Si27. The second-order valence-corrected chi connectivity index (χ2v) is 166. The Labute approximate surface area is 886 Å². The van der Waals surface area contributed by atoms with E-state index in [1.54, 1.807) is 0 Å². The van der Waals surface area contributed by atoms with Crippen molar-refractivity contribution in [2.75, 3.05) is 0 Å². The summed E-state index contributed by atoms with van der Waals surface area (Å²) in [5.74, 6) is 0. The van der Waals surface area contributed by atoms with Crippen molar-refractivity contribution in [2.24, 2.45) is 0 Å². The Balaban J connectivity index is -0.000000379. The molecule has 0 N–H and O–H groups in total. The van der Waals surface area contributed by atoms with Crippen LogP contribution in [0.3, 0.4) is 0 Å². The number of rotatable bonds is 65. The monoisotopic (exact) mass is 2410 g/mol. The minimum absolute atomic E-state index is 1.04. The highest BCUT2D eigenvalue weighted by Crippen LogP contribution is 2.42. The molecule has 21 nitrogen and oxygen atoms in total. The van der Waals surface area contributed by atoms with Gasteiger partial charge in [0.25, 0.3) is 0 Å². The van der Waals surface area contributed by atoms with Gasteiger partial charge in [-0.15, -0.1) is 0 Å². The molecule has 0 aromatic carbocycles. The molecule has 0 saturated heterocycles. The third kappa shape index (κ3) is 68.1. The van der Waals surface area contributed by atoms with E-state index < -0.39 is 228 Å². The van der Waals surface area contributed by atoms with E-state index in [1.807, 2.05) is 0 Å². The third-order valence-electron chi connectivity index (χ3n) is 26.2. The SMILES string of the molecule is CC[Si](C)(C)O[Si](C)(O[Si](C)(C)CC)O[Si](C)(C)CC.CC[Si](C)(C)O[Si](O[Si](C)(C)CC)(O[Si](C)(C)CC)O[Si](C)(C)CC.CC[Si](C)(CC)O[Si](C)(O[Si](CC)(CC)CC)O[Si](CC)(CC)CC.CC[Si](C)(CC)O[Si](O[Si](C)(CC)CC)(O[Si](C)(CC)CC)O[Si](C)(CC)CC.C[Si](C)(C)O[Si](C)(O[Si](C)(C)C)O[Si](C)(C)C.C[Si](C)(C)O[Si](O[Si](C)(C)C)(O[Si](C)(C)C)O[Si](C)(C)C. The van der Waals surface area contributed by atoms with Gasteiger partial charge < -0.3 is 86.4 Å². The lowest BCUT2D eigenvalue weighted by Gasteiger charge is -2.47. The molecule has 0 aliphatic rings. The van der Waals surface area contributed by atoms with Crippen molar-refractivity contribution in [3.05, 3.63) is 0 Å². The molecule has 48 heteroatoms. The summed E-state index contributed by atoms with van der Waals surface area (Å²) in [6, 6.07) is 25.2. The molecule has 0 atom stereocenters. The Hall–Kier alpha value is 5.02. The highest BCUT2D eigenvalue weighted by Gasteiger charge is 2.63. The van der Waals surface area contributed by atoms with Crippen LogP contribution < -0.4 is 0 Å². The fraction of sp³-hybridized carbons (Fsp3) is 1.00. The van der Waals surface area contributed by atoms with E-state index in [1.165, 1.54) is 0 Å². The summed E-state index contributed by atoms with van der Waals surface area (Å²) in [6.07, 6.45) is 0. The zero-order chi connectivity index (χ0) is 111. The van der Waals surface area contributed by atoms with Crippen molar-refractivity contribution >= 4 is 228 Å². The molecule has 0 aromatic heterocycles. The summed E-state index contributed by atoms with van der Waals surface area (Å²) in [5, 5.41) is 0. The van der Waals surface area contributed by atoms with Gasteiger partial charge in [-0.25, -0.2) is 0 Å². The fourth-order valence-electron chi connectivity index (χ4n) is 13.4. The molecule has 0 aliphatic heterocycles. The molecule has 0 radical (unpaired) electrons. The van der Waals surface area contributed by atoms with Gasteiger partial charge in [0, 0.05) is 19.6 Å². The molecule has 0 spiro atoms. The first-order chi connectivity index (χ1) is 60.7. The van der Waals surface area contributed by atoms with Crippen LogP contribution >= 0.6 is 0 Å². The van der Waals surface area contributed by atoms with Gasteiger partial charge in [-0.2, -0.15) is 0 Å². The van der Waals surface area contributed by atoms with E-state index in [4.69, 9.17) is 86.4 Å². The van der Waals surface area contributed by atoms with Crippen molar-refractivity contribution in [3.8, 4) is 0 Å². The molecule has 0 aliphatic carbocycles. The minimum atomic E-state index is -3.26. The van der Waals surface area contributed by atoms with E-state index >= 15 is 0 Å². The maximum Gasteiger partial charge on any atom is 0.637 e. The Morgan fingerprint density at radius 3 is 0.350 bits per heavy atom. The molecule has 0 bridgehead atoms. The van der Waals surface area contributed by atoms with Crippen LogP contribution in [0.15, 0.2) is 0 Å². The summed E-state index contributed by atoms with van der Waals surface area (Å²) in [6.45, 7) is 148. The van der Waals surface area contributed by atoms with Crippen molar-refractivity contribution in [1.82, 2.24) is 0 Å². The lowest BCUT2D eigenvalue weighted by Crippen LogP contribution is -2.67. The maximum absolute atomic E-state index is 7.14. The molecule has 0 saturated carbocycles. The third-order valence-corrected chi connectivity index (χ3v) is 132. The van der Waals surface area contributed by atoms with Crippen molar-refractivity contribution in [1.29, 1.82) is 0 Å². The van der Waals surface area contributed by atoms with E-state index in [-0.39, 0.29) is 0 Å². The Morgan fingerprint density at radius 1 is 0.102 bits per heavy atom. The second-order valence-electron chi connectivity index (χ2n) is 51.1. The lowest BCUT2D eigenvalue weighted by atomic mass is 10.9. The fourth-order valence-corrected chi connectivity index (χ4v) is 115. The maximum atomic E-state index is 7.14. The Morgan fingerprint density at radius 2 is 0.219 bits per heavy atom. The highest BCUT2D eigenvalue weighted by molar-refractivity contribution is 6.98. The van der Waals surface area contributed by atoms with Gasteiger partial charge in [-0.05, 0) is 401 Å². The highest BCUT2D eigenvalue weighted by atomic mass is 28.6. The standard InChI is InChI=1S/C20H52O4Si5.C18H46O3Si4.C16H44O4Si5.C13H36O3Si4.C12H36O4Si5.C10H30O3Si4/c1-13-25(9,14-2)21-29(22-26(10,15-3)16-4,23-27(11,17-5)18-6)24-28(12,19-7)20-8;1-11-22(9,12-2)19-23(10,20-24(13-3,14-4)15-5)21-25(16-6,17-7)18-8;1-13-21(5,6)17-25(18-22(7,8)14-2,19-23(9,10)15-3)20-24(11,12)16-4;1-11-17(4,5)14-20(10,15-18(6,7)12-2)16-19(8,9)13-3;1-17(2,3)13-21(14-18(4,5)6,15-19(7,8)9)16-20(10,11)12;1-14(2,3)11-17(10,12-15(4,5)6)13-16(7,8)9/h13-20H2,1-12H3;11-18H2,1-10H3;13-16H2,1-12H3;11-13H2,1-10H3;1-12H3;1-10H3. The summed E-state index contributed by atoms with van der Waals surface area (Å²) in [7, 11) is -55.2. The number of hydrogen-bond acceptors (Lipinski definition) is 21. The molecule has 0 rings (SSSR count). The molecule has 0 amide bonds. The van der Waals surface area contributed by atoms with E-state index in [0.29, 0.717) is 0 Å². The molecule has 834 valence electrons. The van der Waals surface area contributed by atoms with Gasteiger partial charge in [-0.3, -0.25) is 0 Å². The zero-order valence-electron chi connectivity index (χ0n) is 104. The van der Waals surface area contributed by atoms with Gasteiger partial charge in [0.05, 0.1) is 0 Å². The van der Waals surface area contributed by atoms with Crippen molar-refractivity contribution < 1.29 is 86.4 Å². The summed E-state index contributed by atoms with van der Waals surface area (Å²) < 4.78 is 141. The summed E-state index contributed by atoms with van der Waals surface area (Å²) in [5.41, 5.74) is 0. The zero-order valence-corrected chi connectivity index (χ0v) is 131. The summed E-state index contributed by atoms with van der Waals surface area (Å²) >= 11 is 0. The van der Waals surface area contributed by atoms with Crippen LogP contribution in [-0.4, -0.2) is 228 Å². The van der Waals surface area contributed by atoms with Gasteiger partial charge in [-0.1, -0.05) is 159 Å². The van der Waals surface area contributed by atoms with Crippen LogP contribution in [0.4, 0.5) is 0 Å². The van der Waals surface area contributed by atoms with Gasteiger partial charge in [0.15, 0.2) is 175 Å². The first-order valence-corrected chi connectivity index (χ1v) is 131. The van der Waals surface area contributed by atoms with Crippen molar-refractivity contribution in [3.63, 3.8) is 0 Å². The van der Waals surface area contributed by atoms with E-state index in [2.05, 4.69) is 441 Å². The van der Waals surface area contributed by atoms with E-state index in [9.17, 15) is 0 Å². The predicted molar refractivity (Wildman–Crippen MR) is 671 cm³/mol. The molecular weight excluding hydrogens is 2160 g/mol. The van der Waals surface area contributed by atoms with Gasteiger partial charge in [0.1, 0.15) is 0 Å². The van der Waals surface area contributed by atoms with Crippen LogP contribution in [0, 0.1) is 0 Å². The average molecular weight is 2410 g/mol. The summed E-state index contributed by atoms with van der Waals surface area (Å²) in [4.78, 5) is 0. The first kappa shape index (κ1) is 153. The Kier molecular flexibility index (Phi) is 69.2. The number of hydrogen-bond donors (Lipinski definition) is 0. The first-order valence-electron chi connectivity index (χ1n) is 54.5. The molecule has 0 unspecified atom stereocenters. The minimum Gasteiger partial charge on any atom is -0.417 e. The van der Waals surface area contributed by atoms with Crippen LogP contribution in [0.1, 0.15) is 159 Å². The molecule has 0 heterocycles. The van der Waals surface area contributed by atoms with Crippen LogP contribution in [0.5, 0.6) is 0 Å². The predicted octanol–water partition coefficient (Wildman–Crippen LogP) is 35.8.